The maximum Gasteiger partial charge on any atom is 0.255 e. The molecule has 5 heteroatoms. The lowest BCUT2D eigenvalue weighted by molar-refractivity contribution is 0.102. The number of anilines is 1. The molecule has 2 N–H and O–H groups in total. The number of benzene rings is 1. The van der Waals surface area contributed by atoms with E-state index < -0.39 is 0 Å². The van der Waals surface area contributed by atoms with Crippen LogP contribution in [0.5, 0.6) is 0 Å². The van der Waals surface area contributed by atoms with Gasteiger partial charge in [-0.1, -0.05) is 0 Å². The zero-order chi connectivity index (χ0) is 11.7. The molecule has 0 aliphatic rings. The highest BCUT2D eigenvalue weighted by Gasteiger charge is 2.07. The van der Waals surface area contributed by atoms with E-state index >= 15 is 0 Å². The number of H-pyrrole nitrogens is 1. The first kappa shape index (κ1) is 10.0. The standard InChI is InChI=1S/C12H9N3OS/c16-12(14-10-3-4-17-7-10)8-1-2-11-9(5-8)6-13-15-11/h1-7H,(H,13,15)(H,14,16). The van der Waals surface area contributed by atoms with Gasteiger partial charge in [-0.3, -0.25) is 9.89 Å². The van der Waals surface area contributed by atoms with Crippen LogP contribution in [-0.2, 0) is 0 Å². The van der Waals surface area contributed by atoms with Gasteiger partial charge in [-0.15, -0.1) is 0 Å². The molecule has 0 aliphatic carbocycles. The molecular weight excluding hydrogens is 234 g/mol. The first-order chi connectivity index (χ1) is 8.33. The van der Waals surface area contributed by atoms with Gasteiger partial charge < -0.3 is 5.32 Å². The molecule has 3 aromatic rings. The van der Waals surface area contributed by atoms with Crippen LogP contribution in [0.2, 0.25) is 0 Å². The van der Waals surface area contributed by atoms with E-state index in [-0.39, 0.29) is 5.91 Å². The summed E-state index contributed by atoms with van der Waals surface area (Å²) in [6.07, 6.45) is 1.71. The Bertz CT molecular complexity index is 657. The van der Waals surface area contributed by atoms with E-state index in [9.17, 15) is 4.79 Å². The smallest absolute Gasteiger partial charge is 0.255 e. The van der Waals surface area contributed by atoms with Crippen LogP contribution in [0.4, 0.5) is 5.69 Å². The van der Waals surface area contributed by atoms with Crippen LogP contribution < -0.4 is 5.32 Å². The number of carbonyl (C=O) groups is 1. The summed E-state index contributed by atoms with van der Waals surface area (Å²) in [7, 11) is 0. The zero-order valence-corrected chi connectivity index (χ0v) is 9.62. The molecule has 17 heavy (non-hydrogen) atoms. The normalized spacial score (nSPS) is 10.6. The summed E-state index contributed by atoms with van der Waals surface area (Å²) in [4.78, 5) is 11.9. The Kier molecular flexibility index (Phi) is 2.38. The number of hydrogen-bond donors (Lipinski definition) is 2. The quantitative estimate of drug-likeness (QED) is 0.727. The lowest BCUT2D eigenvalue weighted by atomic mass is 10.1. The van der Waals surface area contributed by atoms with Gasteiger partial charge in [0.15, 0.2) is 0 Å². The van der Waals surface area contributed by atoms with Crippen LogP contribution >= 0.6 is 11.3 Å². The van der Waals surface area contributed by atoms with Gasteiger partial charge in [-0.2, -0.15) is 16.4 Å². The van der Waals surface area contributed by atoms with Crippen molar-refractivity contribution in [3.05, 3.63) is 46.8 Å². The van der Waals surface area contributed by atoms with Gasteiger partial charge in [0, 0.05) is 16.3 Å². The Morgan fingerprint density at radius 2 is 2.29 bits per heavy atom. The summed E-state index contributed by atoms with van der Waals surface area (Å²) in [5.74, 6) is -0.105. The van der Waals surface area contributed by atoms with Crippen molar-refractivity contribution >= 4 is 33.8 Å². The third kappa shape index (κ3) is 1.92. The number of hydrogen-bond acceptors (Lipinski definition) is 3. The van der Waals surface area contributed by atoms with Gasteiger partial charge >= 0.3 is 0 Å². The number of aromatic nitrogens is 2. The average Bonchev–Trinajstić information content (AvgIpc) is 2.97. The van der Waals surface area contributed by atoms with Gasteiger partial charge in [0.2, 0.25) is 0 Å². The minimum atomic E-state index is -0.105. The third-order valence-corrected chi connectivity index (χ3v) is 3.16. The molecule has 0 spiro atoms. The van der Waals surface area contributed by atoms with E-state index in [0.717, 1.165) is 16.6 Å². The van der Waals surface area contributed by atoms with Gasteiger partial charge in [-0.25, -0.2) is 0 Å². The molecule has 0 bridgehead atoms. The second-order valence-corrected chi connectivity index (χ2v) is 4.42. The average molecular weight is 243 g/mol. The Balaban J connectivity index is 1.90. The number of thiophene rings is 1. The molecule has 1 aromatic carbocycles. The van der Waals surface area contributed by atoms with E-state index in [4.69, 9.17) is 0 Å². The molecule has 0 aliphatic heterocycles. The fourth-order valence-electron chi connectivity index (χ4n) is 1.62. The predicted molar refractivity (Wildman–Crippen MR) is 68.4 cm³/mol. The first-order valence-electron chi connectivity index (χ1n) is 5.09. The summed E-state index contributed by atoms with van der Waals surface area (Å²) < 4.78 is 0. The van der Waals surface area contributed by atoms with Crippen LogP contribution in [-0.4, -0.2) is 16.1 Å². The number of rotatable bonds is 2. The molecule has 0 unspecified atom stereocenters. The molecule has 0 atom stereocenters. The van der Waals surface area contributed by atoms with Crippen molar-refractivity contribution in [3.8, 4) is 0 Å². The van der Waals surface area contributed by atoms with Crippen LogP contribution in [0.1, 0.15) is 10.4 Å². The van der Waals surface area contributed by atoms with Crippen LogP contribution in [0, 0.1) is 0 Å². The third-order valence-electron chi connectivity index (χ3n) is 2.48. The van der Waals surface area contributed by atoms with Crippen molar-refractivity contribution in [1.29, 1.82) is 0 Å². The Morgan fingerprint density at radius 1 is 1.35 bits per heavy atom. The monoisotopic (exact) mass is 243 g/mol. The first-order valence-corrected chi connectivity index (χ1v) is 6.04. The minimum Gasteiger partial charge on any atom is -0.321 e. The van der Waals surface area contributed by atoms with Crippen LogP contribution in [0.15, 0.2) is 41.2 Å². The summed E-state index contributed by atoms with van der Waals surface area (Å²) in [5, 5.41) is 14.4. The van der Waals surface area contributed by atoms with Crippen molar-refractivity contribution in [2.75, 3.05) is 5.32 Å². The van der Waals surface area contributed by atoms with E-state index in [0.29, 0.717) is 5.56 Å². The molecule has 3 rings (SSSR count). The highest BCUT2D eigenvalue weighted by molar-refractivity contribution is 7.08. The SMILES string of the molecule is O=C(Nc1ccsc1)c1ccc2[nH]ncc2c1. The largest absolute Gasteiger partial charge is 0.321 e. The second kappa shape index (κ2) is 4.03. The molecule has 0 fully saturated rings. The zero-order valence-electron chi connectivity index (χ0n) is 8.81. The van der Waals surface area contributed by atoms with Gasteiger partial charge in [0.1, 0.15) is 0 Å². The van der Waals surface area contributed by atoms with Crippen molar-refractivity contribution in [2.24, 2.45) is 0 Å². The van der Waals surface area contributed by atoms with Crippen molar-refractivity contribution in [3.63, 3.8) is 0 Å². The molecule has 1 amide bonds. The molecule has 2 aromatic heterocycles. The summed E-state index contributed by atoms with van der Waals surface area (Å²) >= 11 is 1.55. The lowest BCUT2D eigenvalue weighted by Gasteiger charge is -2.02. The molecule has 0 saturated heterocycles. The molecule has 2 heterocycles. The Hall–Kier alpha value is -2.14. The molecule has 0 radical (unpaired) electrons. The number of amides is 1. The Morgan fingerprint density at radius 3 is 3.12 bits per heavy atom. The van der Waals surface area contributed by atoms with Crippen LogP contribution in [0.3, 0.4) is 0 Å². The van der Waals surface area contributed by atoms with Crippen molar-refractivity contribution < 1.29 is 4.79 Å². The maximum atomic E-state index is 11.9. The maximum absolute atomic E-state index is 11.9. The Labute approximate surface area is 101 Å². The van der Waals surface area contributed by atoms with E-state index in [1.54, 1.807) is 23.6 Å². The van der Waals surface area contributed by atoms with Crippen molar-refractivity contribution in [2.45, 2.75) is 0 Å². The summed E-state index contributed by atoms with van der Waals surface area (Å²) in [5.41, 5.74) is 2.38. The fourth-order valence-corrected chi connectivity index (χ4v) is 2.21. The van der Waals surface area contributed by atoms with Gasteiger partial charge in [0.05, 0.1) is 17.4 Å². The summed E-state index contributed by atoms with van der Waals surface area (Å²) in [6, 6.07) is 7.33. The lowest BCUT2D eigenvalue weighted by Crippen LogP contribution is -2.10. The van der Waals surface area contributed by atoms with Gasteiger partial charge in [-0.05, 0) is 29.6 Å². The highest BCUT2D eigenvalue weighted by atomic mass is 32.1. The van der Waals surface area contributed by atoms with E-state index in [1.165, 1.54) is 0 Å². The minimum absolute atomic E-state index is 0.105. The summed E-state index contributed by atoms with van der Waals surface area (Å²) in [6.45, 7) is 0. The topological polar surface area (TPSA) is 57.8 Å². The van der Waals surface area contributed by atoms with Crippen molar-refractivity contribution in [1.82, 2.24) is 10.2 Å². The molecule has 0 saturated carbocycles. The number of nitrogens with one attached hydrogen (secondary N) is 2. The predicted octanol–water partition coefficient (Wildman–Crippen LogP) is 2.88. The highest BCUT2D eigenvalue weighted by Crippen LogP contribution is 2.16. The van der Waals surface area contributed by atoms with E-state index in [2.05, 4.69) is 15.5 Å². The molecular formula is C12H9N3OS. The van der Waals surface area contributed by atoms with E-state index in [1.807, 2.05) is 29.0 Å². The van der Waals surface area contributed by atoms with Crippen LogP contribution in [0.25, 0.3) is 10.9 Å². The second-order valence-electron chi connectivity index (χ2n) is 3.64. The number of aromatic amines is 1. The number of fused-ring (bicyclic) bond motifs is 1. The molecule has 4 nitrogen and oxygen atoms in total. The number of nitrogens with zero attached hydrogens (tertiary/aromatic N) is 1. The number of carbonyl (C=O) groups excluding carboxylic acids is 1. The molecule has 84 valence electrons. The fraction of sp³-hybridized carbons (Fsp3) is 0. The van der Waals surface area contributed by atoms with Gasteiger partial charge in [0.25, 0.3) is 5.91 Å².